The summed E-state index contributed by atoms with van der Waals surface area (Å²) in [6, 6.07) is 0. The van der Waals surface area contributed by atoms with Crippen molar-refractivity contribution in [3.05, 3.63) is 21.9 Å². The van der Waals surface area contributed by atoms with Crippen LogP contribution in [0.1, 0.15) is 18.1 Å². The van der Waals surface area contributed by atoms with Gasteiger partial charge in [0, 0.05) is 12.8 Å². The predicted octanol–water partition coefficient (Wildman–Crippen LogP) is 1.11. The van der Waals surface area contributed by atoms with Gasteiger partial charge in [0.25, 0.3) is 0 Å². The van der Waals surface area contributed by atoms with Gasteiger partial charge in [0.05, 0.1) is 6.61 Å². The molecule has 1 aromatic rings. The summed E-state index contributed by atoms with van der Waals surface area (Å²) in [6.07, 6.45) is 1.23. The van der Waals surface area contributed by atoms with Crippen molar-refractivity contribution in [3.63, 3.8) is 0 Å². The molecule has 4 heteroatoms. The first-order chi connectivity index (χ1) is 6.65. The van der Waals surface area contributed by atoms with Crippen LogP contribution in [0.25, 0.3) is 0 Å². The average Bonchev–Trinajstić information content (AvgIpc) is 2.63. The van der Waals surface area contributed by atoms with Crippen LogP contribution in [-0.2, 0) is 22.4 Å². The molecule has 14 heavy (non-hydrogen) atoms. The summed E-state index contributed by atoms with van der Waals surface area (Å²) in [5.41, 5.74) is 7.60. The molecule has 0 saturated heterocycles. The molecule has 1 heterocycles. The van der Waals surface area contributed by atoms with Crippen LogP contribution in [0, 0.1) is 0 Å². The summed E-state index contributed by atoms with van der Waals surface area (Å²) in [4.78, 5) is 11.6. The zero-order chi connectivity index (χ0) is 10.2. The number of ether oxygens (including phenoxy) is 1. The van der Waals surface area contributed by atoms with Gasteiger partial charge in [-0.2, -0.15) is 11.3 Å². The molecule has 0 aliphatic heterocycles. The summed E-state index contributed by atoms with van der Waals surface area (Å²) in [6.45, 7) is 2.19. The lowest BCUT2D eigenvalue weighted by Crippen LogP contribution is -2.50. The topological polar surface area (TPSA) is 52.3 Å². The van der Waals surface area contributed by atoms with Gasteiger partial charge in [-0.3, -0.25) is 4.79 Å². The third kappa shape index (κ3) is 1.44. The Hall–Kier alpha value is -0.870. The molecule has 0 unspecified atom stereocenters. The summed E-state index contributed by atoms with van der Waals surface area (Å²) in [5, 5.41) is 4.12. The van der Waals surface area contributed by atoms with E-state index in [1.54, 1.807) is 18.3 Å². The van der Waals surface area contributed by atoms with Crippen molar-refractivity contribution in [2.24, 2.45) is 5.73 Å². The Morgan fingerprint density at radius 3 is 2.64 bits per heavy atom. The van der Waals surface area contributed by atoms with Gasteiger partial charge < -0.3 is 10.5 Å². The third-order valence-electron chi connectivity index (χ3n) is 2.53. The lowest BCUT2D eigenvalue weighted by Gasteiger charge is -2.20. The Bertz CT molecular complexity index is 338. The van der Waals surface area contributed by atoms with Crippen LogP contribution in [-0.4, -0.2) is 18.1 Å². The fourth-order valence-corrected chi connectivity index (χ4v) is 2.69. The van der Waals surface area contributed by atoms with Gasteiger partial charge in [0.2, 0.25) is 0 Å². The zero-order valence-electron chi connectivity index (χ0n) is 8.08. The van der Waals surface area contributed by atoms with Crippen molar-refractivity contribution in [2.45, 2.75) is 25.3 Å². The van der Waals surface area contributed by atoms with Crippen LogP contribution in [0.3, 0.4) is 0 Å². The molecule has 3 nitrogen and oxygen atoms in total. The summed E-state index contributed by atoms with van der Waals surface area (Å²) in [5.74, 6) is -0.277. The lowest BCUT2D eigenvalue weighted by molar-refractivity contribution is -0.149. The number of nitrogens with two attached hydrogens (primary N) is 1. The number of rotatable bonds is 2. The van der Waals surface area contributed by atoms with E-state index in [0.29, 0.717) is 19.4 Å². The summed E-state index contributed by atoms with van der Waals surface area (Å²) >= 11 is 1.66. The highest BCUT2D eigenvalue weighted by atomic mass is 32.1. The number of fused-ring (bicyclic) bond motifs is 1. The van der Waals surface area contributed by atoms with E-state index < -0.39 is 5.54 Å². The minimum absolute atomic E-state index is 0.277. The fourth-order valence-electron chi connectivity index (χ4n) is 1.82. The highest BCUT2D eigenvalue weighted by Crippen LogP contribution is 2.31. The fraction of sp³-hybridized carbons (Fsp3) is 0.500. The molecule has 0 spiro atoms. The molecule has 0 fully saturated rings. The van der Waals surface area contributed by atoms with Gasteiger partial charge in [0.1, 0.15) is 5.54 Å². The van der Waals surface area contributed by atoms with E-state index in [2.05, 4.69) is 10.8 Å². The summed E-state index contributed by atoms with van der Waals surface area (Å²) in [7, 11) is 0. The first-order valence-corrected chi connectivity index (χ1v) is 5.60. The predicted molar refractivity (Wildman–Crippen MR) is 55.3 cm³/mol. The Morgan fingerprint density at radius 2 is 2.14 bits per heavy atom. The molecular weight excluding hydrogens is 198 g/mol. The van der Waals surface area contributed by atoms with Crippen LogP contribution < -0.4 is 5.73 Å². The molecule has 76 valence electrons. The van der Waals surface area contributed by atoms with Crippen molar-refractivity contribution < 1.29 is 9.53 Å². The molecular formula is C10H13NO2S. The van der Waals surface area contributed by atoms with E-state index in [1.807, 2.05) is 0 Å². The largest absolute Gasteiger partial charge is 0.465 e. The van der Waals surface area contributed by atoms with E-state index >= 15 is 0 Å². The number of carbonyl (C=O) groups excluding carboxylic acids is 1. The molecule has 0 bridgehead atoms. The molecule has 1 aromatic heterocycles. The normalized spacial score (nSPS) is 17.9. The van der Waals surface area contributed by atoms with Crippen molar-refractivity contribution in [3.8, 4) is 0 Å². The van der Waals surface area contributed by atoms with Crippen LogP contribution in [0.4, 0.5) is 0 Å². The molecule has 0 atom stereocenters. The van der Waals surface area contributed by atoms with E-state index in [9.17, 15) is 4.79 Å². The van der Waals surface area contributed by atoms with Crippen molar-refractivity contribution in [1.82, 2.24) is 0 Å². The Morgan fingerprint density at radius 1 is 1.57 bits per heavy atom. The number of carbonyl (C=O) groups is 1. The monoisotopic (exact) mass is 211 g/mol. The van der Waals surface area contributed by atoms with Crippen LogP contribution in [0.5, 0.6) is 0 Å². The van der Waals surface area contributed by atoms with Gasteiger partial charge in [-0.25, -0.2) is 0 Å². The van der Waals surface area contributed by atoms with E-state index in [1.165, 1.54) is 11.1 Å². The van der Waals surface area contributed by atoms with Gasteiger partial charge >= 0.3 is 5.97 Å². The molecule has 1 aliphatic rings. The number of hydrogen-bond donors (Lipinski definition) is 1. The second kappa shape index (κ2) is 3.37. The van der Waals surface area contributed by atoms with Gasteiger partial charge in [-0.15, -0.1) is 0 Å². The first-order valence-electron chi connectivity index (χ1n) is 4.66. The maximum Gasteiger partial charge on any atom is 0.326 e. The minimum atomic E-state index is -0.811. The first kappa shape index (κ1) is 9.68. The number of hydrogen-bond acceptors (Lipinski definition) is 4. The highest BCUT2D eigenvalue weighted by molar-refractivity contribution is 7.08. The maximum absolute atomic E-state index is 11.6. The molecule has 0 radical (unpaired) electrons. The second-order valence-electron chi connectivity index (χ2n) is 3.65. The molecule has 0 aromatic carbocycles. The SMILES string of the molecule is CCOC(=O)C1(N)Cc2cscc2C1. The zero-order valence-corrected chi connectivity index (χ0v) is 8.89. The van der Waals surface area contributed by atoms with Gasteiger partial charge in [-0.1, -0.05) is 0 Å². The van der Waals surface area contributed by atoms with Gasteiger partial charge in [-0.05, 0) is 28.8 Å². The van der Waals surface area contributed by atoms with Crippen molar-refractivity contribution in [1.29, 1.82) is 0 Å². The van der Waals surface area contributed by atoms with Crippen LogP contribution in [0.2, 0.25) is 0 Å². The van der Waals surface area contributed by atoms with Crippen molar-refractivity contribution in [2.75, 3.05) is 6.61 Å². The average molecular weight is 211 g/mol. The molecule has 2 rings (SSSR count). The second-order valence-corrected chi connectivity index (χ2v) is 4.40. The number of thiophene rings is 1. The van der Waals surface area contributed by atoms with Crippen LogP contribution >= 0.6 is 11.3 Å². The molecule has 1 aliphatic carbocycles. The summed E-state index contributed by atoms with van der Waals surface area (Å²) < 4.78 is 4.97. The molecule has 2 N–H and O–H groups in total. The Kier molecular flexibility index (Phi) is 2.33. The standard InChI is InChI=1S/C10H13NO2S/c1-2-13-9(12)10(11)3-7-5-14-6-8(7)4-10/h5-6H,2-4,11H2,1H3. The minimum Gasteiger partial charge on any atom is -0.465 e. The number of esters is 1. The smallest absolute Gasteiger partial charge is 0.326 e. The van der Waals surface area contributed by atoms with E-state index in [0.717, 1.165) is 0 Å². The Balaban J connectivity index is 2.15. The maximum atomic E-state index is 11.6. The molecule has 0 saturated carbocycles. The third-order valence-corrected chi connectivity index (χ3v) is 3.37. The van der Waals surface area contributed by atoms with Crippen molar-refractivity contribution >= 4 is 17.3 Å². The molecule has 0 amide bonds. The lowest BCUT2D eigenvalue weighted by atomic mass is 9.98. The van der Waals surface area contributed by atoms with E-state index in [4.69, 9.17) is 10.5 Å². The van der Waals surface area contributed by atoms with Gasteiger partial charge in [0.15, 0.2) is 0 Å². The Labute approximate surface area is 86.9 Å². The van der Waals surface area contributed by atoms with E-state index in [-0.39, 0.29) is 5.97 Å². The van der Waals surface area contributed by atoms with Crippen LogP contribution in [0.15, 0.2) is 10.8 Å². The quantitative estimate of drug-likeness (QED) is 0.745. The highest BCUT2D eigenvalue weighted by Gasteiger charge is 2.41.